The Bertz CT molecular complexity index is 197. The van der Waals surface area contributed by atoms with E-state index in [9.17, 15) is 0 Å². The molecule has 1 aromatic heterocycles. The summed E-state index contributed by atoms with van der Waals surface area (Å²) in [6, 6.07) is 0. The molecule has 0 saturated carbocycles. The highest BCUT2D eigenvalue weighted by molar-refractivity contribution is 4.73. The van der Waals surface area contributed by atoms with Gasteiger partial charge in [-0.3, -0.25) is 0 Å². The summed E-state index contributed by atoms with van der Waals surface area (Å²) in [6.45, 7) is 5.00. The molecule has 0 aliphatic rings. The van der Waals surface area contributed by atoms with Crippen molar-refractivity contribution in [3.63, 3.8) is 0 Å². The molecule has 0 unspecified atom stereocenters. The van der Waals surface area contributed by atoms with Crippen LogP contribution in [0.15, 0.2) is 6.33 Å². The fourth-order valence-corrected chi connectivity index (χ4v) is 0.635. The van der Waals surface area contributed by atoms with Crippen LogP contribution in [-0.2, 0) is 11.5 Å². The molecule has 0 bridgehead atoms. The molecule has 0 atom stereocenters. The van der Waals surface area contributed by atoms with Crippen LogP contribution in [0.3, 0.4) is 0 Å². The van der Waals surface area contributed by atoms with Crippen molar-refractivity contribution in [1.82, 2.24) is 14.8 Å². The van der Waals surface area contributed by atoms with Gasteiger partial charge in [-0.25, -0.2) is 9.67 Å². The predicted molar refractivity (Wildman–Crippen MR) is 36.4 cm³/mol. The van der Waals surface area contributed by atoms with Gasteiger partial charge in [-0.2, -0.15) is 5.10 Å². The third-order valence-corrected chi connectivity index (χ3v) is 1.08. The fourth-order valence-electron chi connectivity index (χ4n) is 0.635. The average molecular weight is 141 g/mol. The molecule has 0 amide bonds. The molecule has 4 nitrogen and oxygen atoms in total. The number of ether oxygens (including phenoxy) is 1. The first-order chi connectivity index (χ1) is 4.83. The maximum absolute atomic E-state index is 5.09. The van der Waals surface area contributed by atoms with Gasteiger partial charge in [0.2, 0.25) is 0 Å². The number of nitrogens with zero attached hydrogens (tertiary/aromatic N) is 3. The molecule has 4 heteroatoms. The van der Waals surface area contributed by atoms with Gasteiger partial charge in [-0.1, -0.05) is 0 Å². The second-order valence-corrected chi connectivity index (χ2v) is 1.95. The van der Waals surface area contributed by atoms with Crippen LogP contribution in [0.25, 0.3) is 0 Å². The zero-order valence-electron chi connectivity index (χ0n) is 6.24. The van der Waals surface area contributed by atoms with Gasteiger partial charge < -0.3 is 4.74 Å². The fraction of sp³-hybridized carbons (Fsp3) is 0.667. The summed E-state index contributed by atoms with van der Waals surface area (Å²) in [4.78, 5) is 3.94. The van der Waals surface area contributed by atoms with E-state index in [1.54, 1.807) is 11.0 Å². The predicted octanol–water partition coefficient (Wildman–Crippen LogP) is 0.581. The van der Waals surface area contributed by atoms with E-state index >= 15 is 0 Å². The van der Waals surface area contributed by atoms with Crippen molar-refractivity contribution in [2.45, 2.75) is 20.6 Å². The SMILES string of the molecule is CCOCn1cnc(C)n1. The molecule has 0 fully saturated rings. The minimum absolute atomic E-state index is 0.497. The van der Waals surface area contributed by atoms with Crippen LogP contribution in [-0.4, -0.2) is 21.4 Å². The average Bonchev–Trinajstić information content (AvgIpc) is 2.31. The number of aromatic nitrogens is 3. The normalized spacial score (nSPS) is 10.2. The summed E-state index contributed by atoms with van der Waals surface area (Å²) in [5.74, 6) is 0.778. The number of hydrogen-bond acceptors (Lipinski definition) is 3. The minimum atomic E-state index is 0.497. The van der Waals surface area contributed by atoms with Crippen LogP contribution in [0.4, 0.5) is 0 Å². The molecule has 0 N–H and O–H groups in total. The van der Waals surface area contributed by atoms with Gasteiger partial charge in [0.25, 0.3) is 0 Å². The van der Waals surface area contributed by atoms with Crippen LogP contribution in [0, 0.1) is 6.92 Å². The van der Waals surface area contributed by atoms with Crippen LogP contribution >= 0.6 is 0 Å². The first-order valence-electron chi connectivity index (χ1n) is 3.26. The van der Waals surface area contributed by atoms with E-state index in [0.29, 0.717) is 13.3 Å². The molecular weight excluding hydrogens is 130 g/mol. The van der Waals surface area contributed by atoms with E-state index in [4.69, 9.17) is 4.74 Å². The van der Waals surface area contributed by atoms with Crippen molar-refractivity contribution in [2.24, 2.45) is 0 Å². The lowest BCUT2D eigenvalue weighted by molar-refractivity contribution is 0.0787. The van der Waals surface area contributed by atoms with Crippen molar-refractivity contribution in [3.8, 4) is 0 Å². The highest BCUT2D eigenvalue weighted by atomic mass is 16.5. The third kappa shape index (κ3) is 1.80. The lowest BCUT2D eigenvalue weighted by Gasteiger charge is -1.97. The van der Waals surface area contributed by atoms with Crippen LogP contribution in [0.5, 0.6) is 0 Å². The van der Waals surface area contributed by atoms with E-state index in [0.717, 1.165) is 5.82 Å². The minimum Gasteiger partial charge on any atom is -0.359 e. The van der Waals surface area contributed by atoms with Crippen LogP contribution in [0.2, 0.25) is 0 Å². The summed E-state index contributed by atoms with van der Waals surface area (Å²) >= 11 is 0. The molecule has 0 aromatic carbocycles. The Morgan fingerprint density at radius 2 is 2.50 bits per heavy atom. The Morgan fingerprint density at radius 3 is 3.00 bits per heavy atom. The van der Waals surface area contributed by atoms with E-state index in [2.05, 4.69) is 10.1 Å². The van der Waals surface area contributed by atoms with E-state index < -0.39 is 0 Å². The molecule has 0 aliphatic heterocycles. The third-order valence-electron chi connectivity index (χ3n) is 1.08. The van der Waals surface area contributed by atoms with Gasteiger partial charge in [-0.05, 0) is 13.8 Å². The Hall–Kier alpha value is -0.900. The van der Waals surface area contributed by atoms with Gasteiger partial charge >= 0.3 is 0 Å². The molecule has 0 aliphatic carbocycles. The largest absolute Gasteiger partial charge is 0.359 e. The van der Waals surface area contributed by atoms with Gasteiger partial charge in [0.1, 0.15) is 18.9 Å². The Balaban J connectivity index is 2.42. The number of rotatable bonds is 3. The number of hydrogen-bond donors (Lipinski definition) is 0. The standard InChI is InChI=1S/C6H11N3O/c1-3-10-5-9-4-7-6(2)8-9/h4H,3,5H2,1-2H3. The Morgan fingerprint density at radius 1 is 1.70 bits per heavy atom. The molecule has 56 valence electrons. The van der Waals surface area contributed by atoms with Crippen LogP contribution < -0.4 is 0 Å². The highest BCUT2D eigenvalue weighted by Crippen LogP contribution is 1.86. The smallest absolute Gasteiger partial charge is 0.147 e. The molecule has 1 aromatic rings. The molecule has 0 spiro atoms. The zero-order chi connectivity index (χ0) is 7.40. The van der Waals surface area contributed by atoms with Gasteiger partial charge in [0.15, 0.2) is 0 Å². The van der Waals surface area contributed by atoms with E-state index in [-0.39, 0.29) is 0 Å². The van der Waals surface area contributed by atoms with Crippen LogP contribution in [0.1, 0.15) is 12.7 Å². The monoisotopic (exact) mass is 141 g/mol. The van der Waals surface area contributed by atoms with Crippen molar-refractivity contribution >= 4 is 0 Å². The second-order valence-electron chi connectivity index (χ2n) is 1.95. The lowest BCUT2D eigenvalue weighted by atomic mass is 10.8. The van der Waals surface area contributed by atoms with E-state index in [1.165, 1.54) is 0 Å². The molecule has 1 rings (SSSR count). The molecule has 1 heterocycles. The first-order valence-corrected chi connectivity index (χ1v) is 3.26. The summed E-state index contributed by atoms with van der Waals surface area (Å²) in [5.41, 5.74) is 0. The molecule has 0 radical (unpaired) electrons. The Kier molecular flexibility index (Phi) is 2.39. The second kappa shape index (κ2) is 3.31. The summed E-state index contributed by atoms with van der Waals surface area (Å²) < 4.78 is 6.76. The van der Waals surface area contributed by atoms with Crippen molar-refractivity contribution in [2.75, 3.05) is 6.61 Å². The highest BCUT2D eigenvalue weighted by Gasteiger charge is 1.91. The maximum Gasteiger partial charge on any atom is 0.147 e. The summed E-state index contributed by atoms with van der Waals surface area (Å²) in [7, 11) is 0. The molecule has 0 saturated heterocycles. The quantitative estimate of drug-likeness (QED) is 0.618. The van der Waals surface area contributed by atoms with Gasteiger partial charge in [0, 0.05) is 6.61 Å². The van der Waals surface area contributed by atoms with Gasteiger partial charge in [0.05, 0.1) is 0 Å². The molecule has 10 heavy (non-hydrogen) atoms. The summed E-state index contributed by atoms with van der Waals surface area (Å²) in [6.07, 6.45) is 1.66. The maximum atomic E-state index is 5.09. The number of aryl methyl sites for hydroxylation is 1. The van der Waals surface area contributed by atoms with Crippen molar-refractivity contribution < 1.29 is 4.74 Å². The van der Waals surface area contributed by atoms with Gasteiger partial charge in [-0.15, -0.1) is 0 Å². The molecular formula is C6H11N3O. The summed E-state index contributed by atoms with van der Waals surface area (Å²) in [5, 5.41) is 4.03. The van der Waals surface area contributed by atoms with E-state index in [1.807, 2.05) is 13.8 Å². The van der Waals surface area contributed by atoms with Crippen molar-refractivity contribution in [1.29, 1.82) is 0 Å². The lowest BCUT2D eigenvalue weighted by Crippen LogP contribution is -2.02. The zero-order valence-corrected chi connectivity index (χ0v) is 6.24. The first kappa shape index (κ1) is 7.21. The topological polar surface area (TPSA) is 39.9 Å². The Labute approximate surface area is 59.8 Å². The van der Waals surface area contributed by atoms with Crippen molar-refractivity contribution in [3.05, 3.63) is 12.2 Å².